The molecule has 0 saturated heterocycles. The molecule has 4 saturated carbocycles. The Morgan fingerprint density at radius 2 is 0.690 bits per heavy atom. The Morgan fingerprint density at radius 1 is 0.345 bits per heavy atom. The number of nitrogens with zero attached hydrogens (tertiary/aromatic N) is 3. The minimum atomic E-state index is -0.392. The van der Waals surface area contributed by atoms with Crippen molar-refractivity contribution in [3.05, 3.63) is 234 Å². The molecule has 3 nitrogen and oxygen atoms in total. The van der Waals surface area contributed by atoms with E-state index in [2.05, 4.69) is 284 Å². The number of hydrogen-bond donors (Lipinski definition) is 0. The van der Waals surface area contributed by atoms with E-state index in [4.69, 9.17) is 0 Å². The van der Waals surface area contributed by atoms with Gasteiger partial charge in [-0.3, -0.25) is 0 Å². The zero-order valence-corrected chi connectivity index (χ0v) is 54.4. The summed E-state index contributed by atoms with van der Waals surface area (Å²) < 4.78 is 15.9. The Kier molecular flexibility index (Phi) is 19.5. The van der Waals surface area contributed by atoms with Crippen LogP contribution in [0.4, 0.5) is 0 Å². The summed E-state index contributed by atoms with van der Waals surface area (Å²) in [7, 11) is 6.41. The number of rotatable bonds is 11. The van der Waals surface area contributed by atoms with Gasteiger partial charge >= 0.3 is 0 Å². The monoisotopic (exact) mass is 1150 g/mol. The molecule has 2 unspecified atom stereocenters. The fourth-order valence-electron chi connectivity index (χ4n) is 16.2. The van der Waals surface area contributed by atoms with Crippen molar-refractivity contribution in [2.24, 2.45) is 56.7 Å². The molecule has 87 heavy (non-hydrogen) atoms. The van der Waals surface area contributed by atoms with Gasteiger partial charge in [0.15, 0.2) is 18.6 Å². The van der Waals surface area contributed by atoms with Crippen LogP contribution in [0, 0.1) is 56.3 Å². The zero-order valence-electron chi connectivity index (χ0n) is 55.4. The lowest BCUT2D eigenvalue weighted by Crippen LogP contribution is -2.30. The molecule has 448 valence electrons. The van der Waals surface area contributed by atoms with Crippen molar-refractivity contribution < 1.29 is 15.1 Å². The highest BCUT2D eigenvalue weighted by Crippen LogP contribution is 2.48. The second-order valence-electron chi connectivity index (χ2n) is 27.5. The van der Waals surface area contributed by atoms with E-state index in [1.807, 2.05) is 0 Å². The Balaban J connectivity index is 0.000000137. The number of benzene rings is 6. The normalized spacial score (nSPS) is 21.0. The summed E-state index contributed by atoms with van der Waals surface area (Å²) in [6, 6.07) is 66.7. The molecule has 9 aromatic rings. The van der Waals surface area contributed by atoms with Gasteiger partial charge in [-0.2, -0.15) is 0 Å². The Morgan fingerprint density at radius 3 is 1.08 bits per heavy atom. The molecule has 0 radical (unpaired) electrons. The fourth-order valence-corrected chi connectivity index (χ4v) is 16.2. The quantitative estimate of drug-likeness (QED) is 0.114. The maximum Gasteiger partial charge on any atom is 0.212 e. The van der Waals surface area contributed by atoms with Crippen LogP contribution >= 0.6 is 0 Å². The lowest BCUT2D eigenvalue weighted by atomic mass is 9.66. The van der Waals surface area contributed by atoms with Crippen LogP contribution in [0.1, 0.15) is 170 Å². The largest absolute Gasteiger partial charge is 0.212 e. The molecule has 0 N–H and O–H groups in total. The Bertz CT molecular complexity index is 3770. The predicted molar refractivity (Wildman–Crippen MR) is 366 cm³/mol. The van der Waals surface area contributed by atoms with Gasteiger partial charge in [-0.25, -0.2) is 13.7 Å². The third-order valence-electron chi connectivity index (χ3n) is 21.0. The molecule has 4 fully saturated rings. The van der Waals surface area contributed by atoms with E-state index in [0.717, 1.165) is 42.4 Å². The van der Waals surface area contributed by atoms with Crippen LogP contribution in [-0.2, 0) is 21.1 Å². The van der Waals surface area contributed by atoms with Crippen LogP contribution in [0.2, 0.25) is 0 Å². The van der Waals surface area contributed by atoms with Gasteiger partial charge in [-0.1, -0.05) is 206 Å². The third-order valence-corrected chi connectivity index (χ3v) is 21.0. The third kappa shape index (κ3) is 14.5. The van der Waals surface area contributed by atoms with E-state index in [9.17, 15) is 1.37 Å². The summed E-state index contributed by atoms with van der Waals surface area (Å²) in [5.74, 6) is 5.98. The van der Waals surface area contributed by atoms with Crippen LogP contribution in [0.3, 0.4) is 0 Å². The number of fused-ring (bicyclic) bond motifs is 2. The van der Waals surface area contributed by atoms with Gasteiger partial charge in [0.1, 0.15) is 21.1 Å². The highest BCUT2D eigenvalue weighted by Gasteiger charge is 2.34. The summed E-state index contributed by atoms with van der Waals surface area (Å²) in [5, 5.41) is 0. The number of pyridine rings is 3. The zero-order chi connectivity index (χ0) is 61.5. The molecule has 13 rings (SSSR count). The summed E-state index contributed by atoms with van der Waals surface area (Å²) in [6.45, 7) is 15.8. The van der Waals surface area contributed by atoms with Gasteiger partial charge in [-0.15, -0.1) is 0 Å². The van der Waals surface area contributed by atoms with Crippen LogP contribution in [0.25, 0.3) is 67.2 Å². The average molecular weight is 1150 g/mol. The topological polar surface area (TPSA) is 11.6 Å². The first-order valence-electron chi connectivity index (χ1n) is 34.1. The van der Waals surface area contributed by atoms with Crippen molar-refractivity contribution in [3.8, 4) is 67.2 Å². The minimum absolute atomic E-state index is 0.392. The molecule has 0 aliphatic heterocycles. The number of aryl methyl sites for hydroxylation is 6. The summed E-state index contributed by atoms with van der Waals surface area (Å²) in [4.78, 5) is 0. The lowest BCUT2D eigenvalue weighted by molar-refractivity contribution is -0.660. The molecule has 4 aliphatic carbocycles. The predicted octanol–water partition coefficient (Wildman–Crippen LogP) is 21.0. The van der Waals surface area contributed by atoms with Gasteiger partial charge in [0.05, 0.1) is 0 Å². The molecule has 0 bridgehead atoms. The van der Waals surface area contributed by atoms with E-state index in [1.54, 1.807) is 5.56 Å². The van der Waals surface area contributed by atoms with E-state index in [0.29, 0.717) is 17.8 Å². The molecule has 6 atom stereocenters. The minimum Gasteiger partial charge on any atom is -0.200 e. The second-order valence-corrected chi connectivity index (χ2v) is 27.5. The highest BCUT2D eigenvalue weighted by molar-refractivity contribution is 5.69. The standard InChI is InChI=1S/2C29H34N.C26H32N/c2*1-21-7-3-6-10-28(21)29-18-17-27(20-30(29)2)24-13-11-23(12-14-24)26-16-15-22-8-4-5-9-25(22)19-26;1-18(2)26(19(3)4)22-13-11-21(12-14-22)23-15-16-25(27(6)17-23)24-10-8-7-9-20(24)5/h2*3,6-7,10-14,17-18,20,22,25-26H,4-5,8-9,15-16,19H2,1-2H3;7-19,26H,1-6H3/q3*+1/t2*22-,25-,26?;/m00./s1/i26D;;. The highest BCUT2D eigenvalue weighted by atomic mass is 14.9. The Labute approximate surface area is 526 Å². The summed E-state index contributed by atoms with van der Waals surface area (Å²) in [5.41, 5.74) is 23.3. The first-order valence-corrected chi connectivity index (χ1v) is 33.6. The summed E-state index contributed by atoms with van der Waals surface area (Å²) in [6.07, 6.45) is 25.7. The van der Waals surface area contributed by atoms with Crippen LogP contribution < -0.4 is 13.7 Å². The van der Waals surface area contributed by atoms with Gasteiger partial charge in [-0.05, 0) is 199 Å². The Hall–Kier alpha value is -7.23. The molecular weight excluding hydrogens is 1050 g/mol. The van der Waals surface area contributed by atoms with E-state index in [1.165, 1.54) is 172 Å². The maximum absolute atomic E-state index is 9.23. The van der Waals surface area contributed by atoms with E-state index < -0.39 is 5.89 Å². The van der Waals surface area contributed by atoms with Crippen molar-refractivity contribution in [3.63, 3.8) is 0 Å². The lowest BCUT2D eigenvalue weighted by Gasteiger charge is -2.39. The van der Waals surface area contributed by atoms with E-state index >= 15 is 0 Å². The van der Waals surface area contributed by atoms with Gasteiger partial charge in [0.2, 0.25) is 17.1 Å². The van der Waals surface area contributed by atoms with Crippen molar-refractivity contribution >= 4 is 0 Å². The fraction of sp³-hybridized carbons (Fsp3) is 0.393. The SMILES string of the molecule is Cc1ccccc1-c1ccc(-c2ccc(C(C(C)C)C(C)C)cc2)c[n+]1C.Cc1ccccc1-c1ccc(-c2ccc(C3CC[C@@H]4CCCC[C@H]4C3)cc2)c[n+]1C.[2H]C1(c2ccc(-c3ccc(-c4ccccc4C)[n+](C)c3)cc2)CC[C@@H]2CCCC[C@H]2C1. The first-order chi connectivity index (χ1) is 42.6. The maximum atomic E-state index is 9.23. The van der Waals surface area contributed by atoms with Crippen molar-refractivity contribution in [1.29, 1.82) is 0 Å². The second kappa shape index (κ2) is 28.3. The molecule has 3 heterocycles. The van der Waals surface area contributed by atoms with Crippen LogP contribution in [0.5, 0.6) is 0 Å². The molecule has 3 heteroatoms. The average Bonchev–Trinajstić information content (AvgIpc) is 1.65. The molecule has 3 aromatic heterocycles. The number of hydrogen-bond acceptors (Lipinski definition) is 0. The smallest absolute Gasteiger partial charge is 0.200 e. The first kappa shape index (κ1) is 60.1. The van der Waals surface area contributed by atoms with Crippen LogP contribution in [0.15, 0.2) is 201 Å². The molecule has 6 aromatic carbocycles. The van der Waals surface area contributed by atoms with Crippen molar-refractivity contribution in [2.75, 3.05) is 0 Å². The number of aromatic nitrogens is 3. The van der Waals surface area contributed by atoms with Gasteiger partial charge < -0.3 is 0 Å². The van der Waals surface area contributed by atoms with Crippen molar-refractivity contribution in [1.82, 2.24) is 0 Å². The van der Waals surface area contributed by atoms with Gasteiger partial charge in [0, 0.05) is 53.0 Å². The summed E-state index contributed by atoms with van der Waals surface area (Å²) >= 11 is 0. The molecular formula is C84H100N3+3. The van der Waals surface area contributed by atoms with Crippen LogP contribution in [-0.4, -0.2) is 0 Å². The van der Waals surface area contributed by atoms with Crippen molar-refractivity contribution in [2.45, 2.75) is 156 Å². The molecule has 0 spiro atoms. The molecule has 4 aliphatic rings. The molecule has 0 amide bonds. The van der Waals surface area contributed by atoms with Gasteiger partial charge in [0.25, 0.3) is 0 Å². The van der Waals surface area contributed by atoms with E-state index in [-0.39, 0.29) is 0 Å².